The molecule has 0 aromatic heterocycles. The zero-order chi connectivity index (χ0) is 14.9. The van der Waals surface area contributed by atoms with Crippen molar-refractivity contribution < 1.29 is 14.7 Å². The van der Waals surface area contributed by atoms with Crippen LogP contribution in [0.1, 0.15) is 77.0 Å². The molecule has 0 aromatic carbocycles. The van der Waals surface area contributed by atoms with Crippen LogP contribution >= 0.6 is 0 Å². The highest BCUT2D eigenvalue weighted by atomic mass is 16.3. The van der Waals surface area contributed by atoms with Crippen molar-refractivity contribution in [2.75, 3.05) is 6.61 Å². The summed E-state index contributed by atoms with van der Waals surface area (Å²) in [6.07, 6.45) is 11.3. The van der Waals surface area contributed by atoms with Gasteiger partial charge in [-0.25, -0.2) is 0 Å². The van der Waals surface area contributed by atoms with E-state index in [1.54, 1.807) is 0 Å². The lowest BCUT2D eigenvalue weighted by molar-refractivity contribution is -0.166. The average Bonchev–Trinajstić information content (AvgIpc) is 2.48. The molecule has 0 aromatic rings. The van der Waals surface area contributed by atoms with E-state index in [1.807, 2.05) is 0 Å². The molecule has 3 fully saturated rings. The van der Waals surface area contributed by atoms with Gasteiger partial charge in [0.2, 0.25) is 11.8 Å². The van der Waals surface area contributed by atoms with Gasteiger partial charge in [-0.3, -0.25) is 14.5 Å². The molecule has 0 bridgehead atoms. The number of piperidine rings is 1. The first kappa shape index (κ1) is 15.0. The van der Waals surface area contributed by atoms with E-state index in [1.165, 1.54) is 11.3 Å². The van der Waals surface area contributed by atoms with Crippen LogP contribution in [-0.2, 0) is 9.59 Å². The Hall–Kier alpha value is -0.900. The van der Waals surface area contributed by atoms with E-state index in [-0.39, 0.29) is 23.8 Å². The van der Waals surface area contributed by atoms with Crippen molar-refractivity contribution in [3.05, 3.63) is 0 Å². The highest BCUT2D eigenvalue weighted by molar-refractivity contribution is 5.99. The maximum Gasteiger partial charge on any atom is 0.230 e. The first-order valence-electron chi connectivity index (χ1n) is 8.58. The van der Waals surface area contributed by atoms with Crippen molar-refractivity contribution in [2.24, 2.45) is 5.41 Å². The minimum atomic E-state index is -0.595. The van der Waals surface area contributed by atoms with E-state index in [0.717, 1.165) is 57.8 Å². The van der Waals surface area contributed by atoms with Gasteiger partial charge < -0.3 is 5.11 Å². The predicted molar refractivity (Wildman–Crippen MR) is 79.5 cm³/mol. The number of carbonyl (C=O) groups excluding carboxylic acids is 2. The fraction of sp³-hybridized carbons (Fsp3) is 0.882. The van der Waals surface area contributed by atoms with Crippen LogP contribution in [0.3, 0.4) is 0 Å². The van der Waals surface area contributed by atoms with Gasteiger partial charge in [-0.15, -0.1) is 0 Å². The Morgan fingerprint density at radius 1 is 0.810 bits per heavy atom. The summed E-state index contributed by atoms with van der Waals surface area (Å²) in [4.78, 5) is 26.9. The third-order valence-corrected chi connectivity index (χ3v) is 6.02. The number of aliphatic hydroxyl groups is 1. The predicted octanol–water partition coefficient (Wildman–Crippen LogP) is 2.78. The molecule has 0 unspecified atom stereocenters. The van der Waals surface area contributed by atoms with Crippen LogP contribution in [0.2, 0.25) is 0 Å². The zero-order valence-electron chi connectivity index (χ0n) is 12.9. The first-order chi connectivity index (χ1) is 10.1. The molecule has 21 heavy (non-hydrogen) atoms. The second-order valence-corrected chi connectivity index (χ2v) is 7.48. The SMILES string of the molecule is O=C1CC2(CCCCC2)CC(=O)N1C1(CO)CCCCC1. The van der Waals surface area contributed by atoms with Crippen LogP contribution in [0.15, 0.2) is 0 Å². The van der Waals surface area contributed by atoms with E-state index < -0.39 is 5.54 Å². The Morgan fingerprint density at radius 3 is 1.76 bits per heavy atom. The van der Waals surface area contributed by atoms with E-state index in [0.29, 0.717) is 12.8 Å². The van der Waals surface area contributed by atoms with Crippen molar-refractivity contribution in [2.45, 2.75) is 82.6 Å². The molecule has 2 amide bonds. The smallest absolute Gasteiger partial charge is 0.230 e. The number of hydrogen-bond donors (Lipinski definition) is 1. The van der Waals surface area contributed by atoms with Gasteiger partial charge in [0.25, 0.3) is 0 Å². The van der Waals surface area contributed by atoms with Crippen LogP contribution in [0.5, 0.6) is 0 Å². The number of rotatable bonds is 2. The summed E-state index contributed by atoms with van der Waals surface area (Å²) in [5.41, 5.74) is -0.656. The van der Waals surface area contributed by atoms with Gasteiger partial charge >= 0.3 is 0 Å². The number of likely N-dealkylation sites (tertiary alicyclic amines) is 1. The highest BCUT2D eigenvalue weighted by Crippen LogP contribution is 2.47. The molecule has 1 saturated heterocycles. The Morgan fingerprint density at radius 2 is 1.29 bits per heavy atom. The molecule has 118 valence electrons. The Kier molecular flexibility index (Phi) is 4.08. The molecule has 2 aliphatic carbocycles. The lowest BCUT2D eigenvalue weighted by Crippen LogP contribution is -2.61. The fourth-order valence-electron chi connectivity index (χ4n) is 4.85. The summed E-state index contributed by atoms with van der Waals surface area (Å²) in [5.74, 6) is -0.0480. The molecule has 4 nitrogen and oxygen atoms in total. The molecule has 1 heterocycles. The lowest BCUT2D eigenvalue weighted by atomic mass is 9.66. The minimum Gasteiger partial charge on any atom is -0.394 e. The summed E-state index contributed by atoms with van der Waals surface area (Å²) in [6.45, 7) is -0.0719. The second kappa shape index (κ2) is 5.71. The number of nitrogens with zero attached hydrogens (tertiary/aromatic N) is 1. The Labute approximate surface area is 126 Å². The van der Waals surface area contributed by atoms with Crippen molar-refractivity contribution in [3.8, 4) is 0 Å². The molecule has 2 saturated carbocycles. The number of carbonyl (C=O) groups is 2. The lowest BCUT2D eigenvalue weighted by Gasteiger charge is -2.50. The Bertz CT molecular complexity index is 400. The number of hydrogen-bond acceptors (Lipinski definition) is 3. The van der Waals surface area contributed by atoms with Crippen molar-refractivity contribution >= 4 is 11.8 Å². The molecule has 0 atom stereocenters. The topological polar surface area (TPSA) is 57.6 Å². The first-order valence-corrected chi connectivity index (χ1v) is 8.58. The van der Waals surface area contributed by atoms with Crippen LogP contribution in [0.4, 0.5) is 0 Å². The highest BCUT2D eigenvalue weighted by Gasteiger charge is 2.51. The maximum absolute atomic E-state index is 12.7. The minimum absolute atomic E-state index is 0.0240. The molecule has 1 spiro atoms. The second-order valence-electron chi connectivity index (χ2n) is 7.48. The largest absolute Gasteiger partial charge is 0.394 e. The van der Waals surface area contributed by atoms with Crippen LogP contribution in [-0.4, -0.2) is 34.0 Å². The summed E-state index contributed by atoms with van der Waals surface area (Å²) >= 11 is 0. The van der Waals surface area contributed by atoms with Crippen molar-refractivity contribution in [1.29, 1.82) is 0 Å². The van der Waals surface area contributed by atoms with Gasteiger partial charge in [0.15, 0.2) is 0 Å². The van der Waals surface area contributed by atoms with Gasteiger partial charge in [-0.05, 0) is 31.1 Å². The standard InChI is InChI=1S/C17H27NO3/c19-13-17(9-5-2-6-10-17)18-14(20)11-16(12-15(18)21)7-3-1-4-8-16/h19H,1-13H2. The van der Waals surface area contributed by atoms with Gasteiger partial charge in [0.1, 0.15) is 0 Å². The molecule has 1 aliphatic heterocycles. The van der Waals surface area contributed by atoms with E-state index in [2.05, 4.69) is 0 Å². The maximum atomic E-state index is 12.7. The Balaban J connectivity index is 1.81. The molecule has 1 N–H and O–H groups in total. The zero-order valence-corrected chi connectivity index (χ0v) is 12.9. The monoisotopic (exact) mass is 293 g/mol. The van der Waals surface area contributed by atoms with Gasteiger partial charge in [0.05, 0.1) is 12.1 Å². The number of imide groups is 1. The van der Waals surface area contributed by atoms with Gasteiger partial charge in [-0.2, -0.15) is 0 Å². The molecule has 3 aliphatic rings. The van der Waals surface area contributed by atoms with Crippen molar-refractivity contribution in [1.82, 2.24) is 4.90 Å². The fourth-order valence-corrected chi connectivity index (χ4v) is 4.85. The third-order valence-electron chi connectivity index (χ3n) is 6.02. The summed E-state index contributed by atoms with van der Waals surface area (Å²) in [7, 11) is 0. The van der Waals surface area contributed by atoms with Crippen LogP contribution in [0, 0.1) is 5.41 Å². The molecular formula is C17H27NO3. The van der Waals surface area contributed by atoms with Gasteiger partial charge in [0, 0.05) is 12.8 Å². The number of aliphatic hydroxyl groups excluding tert-OH is 1. The van der Waals surface area contributed by atoms with Crippen LogP contribution in [0.25, 0.3) is 0 Å². The van der Waals surface area contributed by atoms with E-state index >= 15 is 0 Å². The molecule has 4 heteroatoms. The quantitative estimate of drug-likeness (QED) is 0.796. The molecular weight excluding hydrogens is 266 g/mol. The average molecular weight is 293 g/mol. The van der Waals surface area contributed by atoms with E-state index in [9.17, 15) is 14.7 Å². The van der Waals surface area contributed by atoms with Gasteiger partial charge in [-0.1, -0.05) is 38.5 Å². The van der Waals surface area contributed by atoms with Crippen molar-refractivity contribution in [3.63, 3.8) is 0 Å². The number of amides is 2. The summed E-state index contributed by atoms with van der Waals surface area (Å²) in [5, 5.41) is 9.89. The van der Waals surface area contributed by atoms with E-state index in [4.69, 9.17) is 0 Å². The molecule has 0 radical (unpaired) electrons. The summed E-state index contributed by atoms with van der Waals surface area (Å²) < 4.78 is 0. The third kappa shape index (κ3) is 2.63. The summed E-state index contributed by atoms with van der Waals surface area (Å²) in [6, 6.07) is 0. The normalized spacial score (nSPS) is 28.9. The molecule has 3 rings (SSSR count). The van der Waals surface area contributed by atoms with Crippen LogP contribution < -0.4 is 0 Å².